The third kappa shape index (κ3) is 4.94. The third-order valence-corrected chi connectivity index (χ3v) is 5.62. The zero-order valence-electron chi connectivity index (χ0n) is 19.3. The first-order valence-electron chi connectivity index (χ1n) is 11.1. The number of alkyl carbamates (subject to hydrolysis) is 1. The third-order valence-electron chi connectivity index (χ3n) is 5.62. The van der Waals surface area contributed by atoms with Crippen LogP contribution in [0.15, 0.2) is 54.6 Å². The van der Waals surface area contributed by atoms with Gasteiger partial charge in [0.15, 0.2) is 0 Å². The minimum absolute atomic E-state index is 0.0793. The molecule has 3 amide bonds. The van der Waals surface area contributed by atoms with Crippen molar-refractivity contribution < 1.29 is 28.8 Å². The first kappa shape index (κ1) is 23.4. The molecule has 0 saturated carbocycles. The van der Waals surface area contributed by atoms with Gasteiger partial charge >= 0.3 is 12.1 Å². The number of imide groups is 1. The molecule has 1 N–H and O–H groups in total. The van der Waals surface area contributed by atoms with Gasteiger partial charge in [0, 0.05) is 6.54 Å². The monoisotopic (exact) mass is 465 g/mol. The molecule has 2 aromatic carbocycles. The average Bonchev–Trinajstić information content (AvgIpc) is 3.04. The van der Waals surface area contributed by atoms with E-state index >= 15 is 0 Å². The summed E-state index contributed by atoms with van der Waals surface area (Å²) in [4.78, 5) is 58.0. The number of hydrogen-bond acceptors (Lipinski definition) is 7. The quantitative estimate of drug-likeness (QED) is 0.692. The van der Waals surface area contributed by atoms with E-state index < -0.39 is 41.6 Å². The molecule has 0 spiro atoms. The Morgan fingerprint density at radius 3 is 2.12 bits per heavy atom. The molecule has 2 aliphatic heterocycles. The van der Waals surface area contributed by atoms with Gasteiger partial charge in [-0.25, -0.2) is 9.59 Å². The molecule has 1 fully saturated rings. The number of amides is 3. The number of carbonyl (C=O) groups is 4. The van der Waals surface area contributed by atoms with Crippen LogP contribution >= 0.6 is 0 Å². The number of rotatable bonds is 4. The summed E-state index contributed by atoms with van der Waals surface area (Å²) in [5, 5.41) is 4.21. The number of ether oxygens (including phenoxy) is 1. The van der Waals surface area contributed by atoms with Crippen molar-refractivity contribution in [2.45, 2.75) is 44.9 Å². The molecule has 0 aromatic heterocycles. The lowest BCUT2D eigenvalue weighted by molar-refractivity contribution is -0.132. The van der Waals surface area contributed by atoms with Gasteiger partial charge in [-0.05, 0) is 51.5 Å². The topological polar surface area (TPSA) is 105 Å². The van der Waals surface area contributed by atoms with Crippen LogP contribution in [-0.4, -0.2) is 64.6 Å². The lowest BCUT2D eigenvalue weighted by Gasteiger charge is -2.40. The predicted octanol–water partition coefficient (Wildman–Crippen LogP) is 3.02. The van der Waals surface area contributed by atoms with Crippen LogP contribution in [0.1, 0.15) is 58.3 Å². The van der Waals surface area contributed by atoms with Crippen molar-refractivity contribution in [2.75, 3.05) is 13.1 Å². The van der Waals surface area contributed by atoms with E-state index in [-0.39, 0.29) is 13.1 Å². The van der Waals surface area contributed by atoms with Crippen molar-refractivity contribution in [2.24, 2.45) is 0 Å². The maximum Gasteiger partial charge on any atom is 0.407 e. The zero-order valence-corrected chi connectivity index (χ0v) is 19.3. The van der Waals surface area contributed by atoms with Crippen LogP contribution < -0.4 is 5.32 Å². The Morgan fingerprint density at radius 1 is 0.941 bits per heavy atom. The second kappa shape index (κ2) is 9.26. The van der Waals surface area contributed by atoms with Crippen molar-refractivity contribution in [1.82, 2.24) is 15.3 Å². The van der Waals surface area contributed by atoms with Gasteiger partial charge in [-0.1, -0.05) is 30.3 Å². The summed E-state index contributed by atoms with van der Waals surface area (Å²) in [5.74, 6) is -1.34. The Bertz CT molecular complexity index is 1080. The van der Waals surface area contributed by atoms with Gasteiger partial charge in [-0.15, -0.1) is 5.06 Å². The molecule has 178 valence electrons. The Hall–Kier alpha value is -3.72. The molecule has 0 bridgehead atoms. The second-order valence-electron chi connectivity index (χ2n) is 9.27. The first-order valence-corrected chi connectivity index (χ1v) is 11.1. The summed E-state index contributed by atoms with van der Waals surface area (Å²) >= 11 is 0. The Balaban J connectivity index is 1.54. The average molecular weight is 466 g/mol. The van der Waals surface area contributed by atoms with Gasteiger partial charge in [0.25, 0.3) is 11.8 Å². The highest BCUT2D eigenvalue weighted by Crippen LogP contribution is 2.29. The Morgan fingerprint density at radius 2 is 1.53 bits per heavy atom. The van der Waals surface area contributed by atoms with E-state index in [1.54, 1.807) is 75.4 Å². The number of nitrogens with one attached hydrogen (secondary N) is 1. The molecule has 2 aromatic rings. The molecule has 4 rings (SSSR count). The lowest BCUT2D eigenvalue weighted by Crippen LogP contribution is -2.62. The van der Waals surface area contributed by atoms with E-state index in [9.17, 15) is 19.2 Å². The maximum absolute atomic E-state index is 13.1. The van der Waals surface area contributed by atoms with Gasteiger partial charge < -0.3 is 14.9 Å². The van der Waals surface area contributed by atoms with Crippen LogP contribution in [0.25, 0.3) is 0 Å². The molecule has 2 heterocycles. The highest BCUT2D eigenvalue weighted by Gasteiger charge is 2.46. The lowest BCUT2D eigenvalue weighted by atomic mass is 9.98. The van der Waals surface area contributed by atoms with Gasteiger partial charge in [-0.3, -0.25) is 14.5 Å². The number of nitrogens with zero attached hydrogens (tertiary/aromatic N) is 2. The molecule has 9 heteroatoms. The summed E-state index contributed by atoms with van der Waals surface area (Å²) in [6.07, 6.45) is -0.385. The summed E-state index contributed by atoms with van der Waals surface area (Å²) in [7, 11) is 0. The molecule has 2 atom stereocenters. The smallest absolute Gasteiger partial charge is 0.407 e. The predicted molar refractivity (Wildman–Crippen MR) is 122 cm³/mol. The number of fused-ring (bicyclic) bond motifs is 1. The number of carbonyl (C=O) groups excluding carboxylic acids is 4. The van der Waals surface area contributed by atoms with Gasteiger partial charge in [-0.2, -0.15) is 0 Å². The molecule has 9 nitrogen and oxygen atoms in total. The number of piperidine rings is 1. The molecule has 34 heavy (non-hydrogen) atoms. The minimum atomic E-state index is -0.733. The minimum Gasteiger partial charge on any atom is -0.444 e. The van der Waals surface area contributed by atoms with Crippen LogP contribution in [-0.2, 0) is 9.57 Å². The maximum atomic E-state index is 13.1. The van der Waals surface area contributed by atoms with E-state index in [1.807, 2.05) is 0 Å². The second-order valence-corrected chi connectivity index (χ2v) is 9.27. The van der Waals surface area contributed by atoms with Gasteiger partial charge in [0.1, 0.15) is 5.60 Å². The van der Waals surface area contributed by atoms with Crippen molar-refractivity contribution in [3.63, 3.8) is 0 Å². The highest BCUT2D eigenvalue weighted by atomic mass is 16.7. The number of hydroxylamine groups is 2. The molecule has 0 radical (unpaired) electrons. The van der Waals surface area contributed by atoms with Gasteiger partial charge in [0.2, 0.25) is 0 Å². The molecular weight excluding hydrogens is 438 g/mol. The molecule has 2 aliphatic rings. The van der Waals surface area contributed by atoms with Crippen molar-refractivity contribution in [3.8, 4) is 0 Å². The SMILES string of the molecule is CC(C)(C)OC(=O)NC1CN(OC(=O)c2ccccc2)CCC1N1C(=O)c2ccccc2C1=O. The van der Waals surface area contributed by atoms with Crippen LogP contribution in [0.2, 0.25) is 0 Å². The largest absolute Gasteiger partial charge is 0.444 e. The van der Waals surface area contributed by atoms with E-state index in [0.29, 0.717) is 23.1 Å². The van der Waals surface area contributed by atoms with Crippen LogP contribution in [0.5, 0.6) is 0 Å². The zero-order chi connectivity index (χ0) is 24.5. The van der Waals surface area contributed by atoms with E-state index in [1.165, 1.54) is 9.96 Å². The van der Waals surface area contributed by atoms with Crippen LogP contribution in [0.4, 0.5) is 4.79 Å². The summed E-state index contributed by atoms with van der Waals surface area (Å²) in [6.45, 7) is 5.58. The van der Waals surface area contributed by atoms with Crippen LogP contribution in [0.3, 0.4) is 0 Å². The van der Waals surface area contributed by atoms with Crippen molar-refractivity contribution in [3.05, 3.63) is 71.3 Å². The summed E-state index contributed by atoms with van der Waals surface area (Å²) in [6, 6.07) is 13.8. The van der Waals surface area contributed by atoms with Gasteiger partial charge in [0.05, 0.1) is 35.3 Å². The fraction of sp³-hybridized carbons (Fsp3) is 0.360. The van der Waals surface area contributed by atoms with Crippen molar-refractivity contribution in [1.29, 1.82) is 0 Å². The van der Waals surface area contributed by atoms with Crippen LogP contribution in [0, 0.1) is 0 Å². The fourth-order valence-corrected chi connectivity index (χ4v) is 4.16. The fourth-order valence-electron chi connectivity index (χ4n) is 4.16. The molecule has 1 saturated heterocycles. The molecule has 0 aliphatic carbocycles. The molecular formula is C25H27N3O6. The molecule has 2 unspecified atom stereocenters. The van der Waals surface area contributed by atoms with E-state index in [0.717, 1.165) is 0 Å². The number of benzene rings is 2. The van der Waals surface area contributed by atoms with E-state index in [2.05, 4.69) is 5.32 Å². The number of hydrogen-bond donors (Lipinski definition) is 1. The first-order chi connectivity index (χ1) is 16.1. The Labute approximate surface area is 197 Å². The Kier molecular flexibility index (Phi) is 6.39. The van der Waals surface area contributed by atoms with E-state index in [4.69, 9.17) is 9.57 Å². The highest BCUT2D eigenvalue weighted by molar-refractivity contribution is 6.21. The summed E-state index contributed by atoms with van der Waals surface area (Å²) in [5.41, 5.74) is 0.327. The van der Waals surface area contributed by atoms with Crippen molar-refractivity contribution >= 4 is 23.9 Å². The normalized spacial score (nSPS) is 20.6. The summed E-state index contributed by atoms with van der Waals surface area (Å²) < 4.78 is 5.39. The standard InChI is InChI=1S/C25H27N3O6/c1-25(2,3)33-24(32)26-19-15-27(34-23(31)16-9-5-4-6-10-16)14-13-20(19)28-21(29)17-11-7-8-12-18(17)22(28)30/h4-12,19-20H,13-15H2,1-3H3,(H,26,32).